The van der Waals surface area contributed by atoms with Gasteiger partial charge < -0.3 is 10.1 Å². The van der Waals surface area contributed by atoms with Gasteiger partial charge in [0, 0.05) is 11.7 Å². The van der Waals surface area contributed by atoms with Crippen LogP contribution in [0.2, 0.25) is 0 Å². The molecule has 106 valence electrons. The Morgan fingerprint density at radius 3 is 2.47 bits per heavy atom. The number of nitrogens with one attached hydrogen (secondary N) is 1. The molecule has 1 aliphatic rings. The molecule has 1 aromatic rings. The molecule has 1 aliphatic carbocycles. The van der Waals surface area contributed by atoms with Crippen molar-refractivity contribution in [3.8, 4) is 5.75 Å². The molecule has 1 atom stereocenters. The molecule has 0 bridgehead atoms. The number of hydrogen-bond donors (Lipinski definition) is 1. The van der Waals surface area contributed by atoms with Crippen molar-refractivity contribution in [1.82, 2.24) is 0 Å². The summed E-state index contributed by atoms with van der Waals surface area (Å²) < 4.78 is 5.66. The number of benzene rings is 1. The van der Waals surface area contributed by atoms with Crippen LogP contribution in [-0.2, 0) is 0 Å². The molecule has 19 heavy (non-hydrogen) atoms. The highest BCUT2D eigenvalue weighted by molar-refractivity contribution is 5.47. The van der Waals surface area contributed by atoms with Crippen molar-refractivity contribution in [3.05, 3.63) is 24.3 Å². The summed E-state index contributed by atoms with van der Waals surface area (Å²) in [6.45, 7) is 8.85. The molecular formula is C17H27NO. The Labute approximate surface area is 117 Å². The van der Waals surface area contributed by atoms with Gasteiger partial charge >= 0.3 is 0 Å². The SMILES string of the molecule is CC(C)Oc1ccc(NC2CCCC(C)(C)C2)cc1. The highest BCUT2D eigenvalue weighted by Gasteiger charge is 2.27. The molecule has 0 spiro atoms. The van der Waals surface area contributed by atoms with Gasteiger partial charge in [0.25, 0.3) is 0 Å². The molecule has 0 heterocycles. The number of ether oxygens (including phenoxy) is 1. The van der Waals surface area contributed by atoms with Crippen LogP contribution in [-0.4, -0.2) is 12.1 Å². The van der Waals surface area contributed by atoms with Crippen LogP contribution in [0.25, 0.3) is 0 Å². The molecule has 0 saturated heterocycles. The molecule has 0 radical (unpaired) electrons. The Balaban J connectivity index is 1.92. The van der Waals surface area contributed by atoms with Crippen molar-refractivity contribution >= 4 is 5.69 Å². The van der Waals surface area contributed by atoms with E-state index in [4.69, 9.17) is 4.74 Å². The van der Waals surface area contributed by atoms with Crippen LogP contribution in [0.1, 0.15) is 53.4 Å². The maximum Gasteiger partial charge on any atom is 0.119 e. The second-order valence-corrected chi connectivity index (χ2v) is 6.79. The van der Waals surface area contributed by atoms with Gasteiger partial charge in [-0.1, -0.05) is 20.3 Å². The van der Waals surface area contributed by atoms with Crippen molar-refractivity contribution in [2.75, 3.05) is 5.32 Å². The molecule has 0 aromatic heterocycles. The summed E-state index contributed by atoms with van der Waals surface area (Å²) in [6, 6.07) is 8.96. The van der Waals surface area contributed by atoms with Gasteiger partial charge in [0.15, 0.2) is 0 Å². The molecule has 2 rings (SSSR count). The average Bonchev–Trinajstić information content (AvgIpc) is 2.30. The van der Waals surface area contributed by atoms with Gasteiger partial charge in [0.2, 0.25) is 0 Å². The van der Waals surface area contributed by atoms with Crippen molar-refractivity contribution in [1.29, 1.82) is 0 Å². The van der Waals surface area contributed by atoms with Crippen molar-refractivity contribution in [2.24, 2.45) is 5.41 Å². The third kappa shape index (κ3) is 4.45. The van der Waals surface area contributed by atoms with Crippen molar-refractivity contribution in [2.45, 2.75) is 65.5 Å². The van der Waals surface area contributed by atoms with Crippen LogP contribution in [0.15, 0.2) is 24.3 Å². The Morgan fingerprint density at radius 1 is 1.21 bits per heavy atom. The lowest BCUT2D eigenvalue weighted by atomic mass is 9.75. The van der Waals surface area contributed by atoms with Gasteiger partial charge in [-0.3, -0.25) is 0 Å². The lowest BCUT2D eigenvalue weighted by Crippen LogP contribution is -2.31. The van der Waals surface area contributed by atoms with Gasteiger partial charge in [0.1, 0.15) is 5.75 Å². The number of rotatable bonds is 4. The molecule has 2 heteroatoms. The smallest absolute Gasteiger partial charge is 0.119 e. The average molecular weight is 261 g/mol. The fourth-order valence-corrected chi connectivity index (χ4v) is 2.96. The molecule has 1 N–H and O–H groups in total. The van der Waals surface area contributed by atoms with Crippen molar-refractivity contribution in [3.63, 3.8) is 0 Å². The second kappa shape index (κ2) is 5.85. The van der Waals surface area contributed by atoms with E-state index in [1.807, 2.05) is 0 Å². The standard InChI is InChI=1S/C17H27NO/c1-13(2)19-16-9-7-14(8-10-16)18-15-6-5-11-17(3,4)12-15/h7-10,13,15,18H,5-6,11-12H2,1-4H3. The Hall–Kier alpha value is -1.18. The first kappa shape index (κ1) is 14.2. The fraction of sp³-hybridized carbons (Fsp3) is 0.647. The van der Waals surface area contributed by atoms with Crippen LogP contribution >= 0.6 is 0 Å². The van der Waals surface area contributed by atoms with Gasteiger partial charge in [-0.25, -0.2) is 0 Å². The van der Waals surface area contributed by atoms with E-state index in [0.29, 0.717) is 11.5 Å². The van der Waals surface area contributed by atoms with Crippen LogP contribution < -0.4 is 10.1 Å². The van der Waals surface area contributed by atoms with Crippen LogP contribution in [0, 0.1) is 5.41 Å². The van der Waals surface area contributed by atoms with E-state index in [0.717, 1.165) is 5.75 Å². The largest absolute Gasteiger partial charge is 0.491 e. The summed E-state index contributed by atoms with van der Waals surface area (Å²) in [4.78, 5) is 0. The maximum absolute atomic E-state index is 5.66. The number of anilines is 1. The van der Waals surface area contributed by atoms with E-state index in [-0.39, 0.29) is 6.10 Å². The minimum Gasteiger partial charge on any atom is -0.491 e. The zero-order valence-corrected chi connectivity index (χ0v) is 12.7. The van der Waals surface area contributed by atoms with Gasteiger partial charge in [0.05, 0.1) is 6.10 Å². The normalized spacial score (nSPS) is 22.3. The third-order valence-corrected chi connectivity index (χ3v) is 3.80. The van der Waals surface area contributed by atoms with E-state index in [2.05, 4.69) is 57.3 Å². The molecule has 2 nitrogen and oxygen atoms in total. The monoisotopic (exact) mass is 261 g/mol. The van der Waals surface area contributed by atoms with Crippen LogP contribution in [0.3, 0.4) is 0 Å². The van der Waals surface area contributed by atoms with Crippen LogP contribution in [0.5, 0.6) is 5.75 Å². The lowest BCUT2D eigenvalue weighted by molar-refractivity contribution is 0.229. The summed E-state index contributed by atoms with van der Waals surface area (Å²) in [7, 11) is 0. The van der Waals surface area contributed by atoms with E-state index in [1.165, 1.54) is 31.4 Å². The topological polar surface area (TPSA) is 21.3 Å². The van der Waals surface area contributed by atoms with E-state index < -0.39 is 0 Å². The summed E-state index contributed by atoms with van der Waals surface area (Å²) >= 11 is 0. The lowest BCUT2D eigenvalue weighted by Gasteiger charge is -2.36. The highest BCUT2D eigenvalue weighted by Crippen LogP contribution is 2.36. The van der Waals surface area contributed by atoms with E-state index >= 15 is 0 Å². The molecule has 1 unspecified atom stereocenters. The molecule has 0 amide bonds. The van der Waals surface area contributed by atoms with Gasteiger partial charge in [-0.2, -0.15) is 0 Å². The molecule has 1 fully saturated rings. The fourth-order valence-electron chi connectivity index (χ4n) is 2.96. The van der Waals surface area contributed by atoms with Gasteiger partial charge in [-0.05, 0) is 62.8 Å². The summed E-state index contributed by atoms with van der Waals surface area (Å²) in [6.07, 6.45) is 5.47. The first-order valence-electron chi connectivity index (χ1n) is 7.48. The molecular weight excluding hydrogens is 234 g/mol. The Morgan fingerprint density at radius 2 is 1.89 bits per heavy atom. The third-order valence-electron chi connectivity index (χ3n) is 3.80. The Bertz CT molecular complexity index is 394. The van der Waals surface area contributed by atoms with E-state index in [1.54, 1.807) is 0 Å². The molecule has 1 saturated carbocycles. The maximum atomic E-state index is 5.66. The zero-order chi connectivity index (χ0) is 13.9. The first-order chi connectivity index (χ1) is 8.94. The highest BCUT2D eigenvalue weighted by atomic mass is 16.5. The van der Waals surface area contributed by atoms with E-state index in [9.17, 15) is 0 Å². The molecule has 0 aliphatic heterocycles. The molecule has 1 aromatic carbocycles. The van der Waals surface area contributed by atoms with Crippen molar-refractivity contribution < 1.29 is 4.74 Å². The zero-order valence-electron chi connectivity index (χ0n) is 12.7. The predicted molar refractivity (Wildman–Crippen MR) is 81.9 cm³/mol. The first-order valence-corrected chi connectivity index (χ1v) is 7.48. The van der Waals surface area contributed by atoms with Crippen LogP contribution in [0.4, 0.5) is 5.69 Å². The van der Waals surface area contributed by atoms with Gasteiger partial charge in [-0.15, -0.1) is 0 Å². The quantitative estimate of drug-likeness (QED) is 0.836. The minimum atomic E-state index is 0.234. The summed E-state index contributed by atoms with van der Waals surface area (Å²) in [5, 5.41) is 3.66. The number of hydrogen-bond acceptors (Lipinski definition) is 2. The minimum absolute atomic E-state index is 0.234. The Kier molecular flexibility index (Phi) is 4.38. The second-order valence-electron chi connectivity index (χ2n) is 6.79. The summed E-state index contributed by atoms with van der Waals surface area (Å²) in [5.41, 5.74) is 1.69. The predicted octanol–water partition coefficient (Wildman–Crippen LogP) is 4.85. The summed E-state index contributed by atoms with van der Waals surface area (Å²) in [5.74, 6) is 0.949.